The molecule has 0 radical (unpaired) electrons. The number of likely N-dealkylation sites (tertiary alicyclic amines) is 1. The van der Waals surface area contributed by atoms with Crippen LogP contribution in [0.1, 0.15) is 40.5 Å². The number of carbonyl (C=O) groups excluding carboxylic acids is 3. The number of nitrogens with zero attached hydrogens (tertiary/aromatic N) is 2. The molecule has 0 aromatic heterocycles. The number of amides is 2. The summed E-state index contributed by atoms with van der Waals surface area (Å²) in [6.07, 6.45) is -0.158. The molecule has 0 bridgehead atoms. The smallest absolute Gasteiger partial charge is 0.309 e. The third-order valence-electron chi connectivity index (χ3n) is 4.78. The van der Waals surface area contributed by atoms with Gasteiger partial charge in [0.25, 0.3) is 11.6 Å². The van der Waals surface area contributed by atoms with Crippen LogP contribution in [0.25, 0.3) is 0 Å². The van der Waals surface area contributed by atoms with E-state index in [4.69, 9.17) is 4.74 Å². The number of ether oxygens (including phenoxy) is 1. The minimum atomic E-state index is -1.10. The van der Waals surface area contributed by atoms with Crippen molar-refractivity contribution in [1.29, 1.82) is 0 Å². The first-order valence-corrected chi connectivity index (χ1v) is 9.55. The highest BCUT2D eigenvalue weighted by molar-refractivity contribution is 5.97. The quantitative estimate of drug-likeness (QED) is 0.457. The number of esters is 1. The van der Waals surface area contributed by atoms with Crippen molar-refractivity contribution in [1.82, 2.24) is 4.90 Å². The normalized spacial score (nSPS) is 16.1. The number of nitrogens with one attached hydrogen (secondary N) is 1. The second-order valence-electron chi connectivity index (χ2n) is 8.16. The highest BCUT2D eigenvalue weighted by atomic mass is 16.6. The number of para-hydroxylation sites is 2. The SMILES string of the molecule is CC(OC(=O)C1CCN(C(=O)C(C)(C)C)CC1)C(=O)Nc1ccccc1[N+](=O)[O-]. The molecule has 0 saturated carbocycles. The van der Waals surface area contributed by atoms with Crippen LogP contribution in [0.3, 0.4) is 0 Å². The first kappa shape index (κ1) is 22.3. The molecule has 1 atom stereocenters. The Morgan fingerprint density at radius 1 is 1.21 bits per heavy atom. The van der Waals surface area contributed by atoms with Gasteiger partial charge < -0.3 is 15.0 Å². The molecular formula is C20H27N3O6. The van der Waals surface area contributed by atoms with Crippen molar-refractivity contribution in [2.75, 3.05) is 18.4 Å². The number of carbonyl (C=O) groups is 3. The van der Waals surface area contributed by atoms with Crippen molar-refractivity contribution in [3.8, 4) is 0 Å². The number of nitro benzene ring substituents is 1. The average molecular weight is 405 g/mol. The van der Waals surface area contributed by atoms with Crippen LogP contribution in [0.2, 0.25) is 0 Å². The maximum atomic E-state index is 12.4. The molecule has 0 spiro atoms. The van der Waals surface area contributed by atoms with Gasteiger partial charge >= 0.3 is 5.97 Å². The summed E-state index contributed by atoms with van der Waals surface area (Å²) in [5.41, 5.74) is -0.672. The van der Waals surface area contributed by atoms with Gasteiger partial charge in [-0.2, -0.15) is 0 Å². The first-order valence-electron chi connectivity index (χ1n) is 9.55. The van der Waals surface area contributed by atoms with E-state index in [2.05, 4.69) is 5.32 Å². The first-order chi connectivity index (χ1) is 13.5. The number of hydrogen-bond donors (Lipinski definition) is 1. The van der Waals surface area contributed by atoms with Crippen LogP contribution >= 0.6 is 0 Å². The molecule has 158 valence electrons. The molecule has 9 nitrogen and oxygen atoms in total. The Kier molecular flexibility index (Phi) is 6.94. The standard InChI is InChI=1S/C20H27N3O6/c1-13(17(24)21-15-7-5-6-8-16(15)23(27)28)29-18(25)14-9-11-22(12-10-14)19(26)20(2,3)4/h5-8,13-14H,9-12H2,1-4H3,(H,21,24). The van der Waals surface area contributed by atoms with Gasteiger partial charge in [-0.05, 0) is 25.8 Å². The lowest BCUT2D eigenvalue weighted by atomic mass is 9.91. The maximum absolute atomic E-state index is 12.4. The van der Waals surface area contributed by atoms with Crippen molar-refractivity contribution >= 4 is 29.2 Å². The van der Waals surface area contributed by atoms with E-state index in [-0.39, 0.29) is 23.2 Å². The van der Waals surface area contributed by atoms with Crippen molar-refractivity contribution < 1.29 is 24.0 Å². The Labute approximate surface area is 169 Å². The monoisotopic (exact) mass is 405 g/mol. The minimum Gasteiger partial charge on any atom is -0.452 e. The number of rotatable bonds is 5. The van der Waals surface area contributed by atoms with Crippen LogP contribution in [-0.2, 0) is 19.1 Å². The molecular weight excluding hydrogens is 378 g/mol. The van der Waals surface area contributed by atoms with Gasteiger partial charge in [-0.25, -0.2) is 0 Å². The average Bonchev–Trinajstić information content (AvgIpc) is 2.66. The number of anilines is 1. The van der Waals surface area contributed by atoms with E-state index in [0.29, 0.717) is 25.9 Å². The largest absolute Gasteiger partial charge is 0.452 e. The summed E-state index contributed by atoms with van der Waals surface area (Å²) in [6, 6.07) is 5.74. The molecule has 1 aromatic carbocycles. The van der Waals surface area contributed by atoms with Gasteiger partial charge in [0.05, 0.1) is 10.8 Å². The van der Waals surface area contributed by atoms with Crippen molar-refractivity contribution in [2.45, 2.75) is 46.6 Å². The lowest BCUT2D eigenvalue weighted by molar-refractivity contribution is -0.383. The molecule has 1 N–H and O–H groups in total. The molecule has 1 aliphatic rings. The number of benzene rings is 1. The van der Waals surface area contributed by atoms with Gasteiger partial charge in [0.2, 0.25) is 5.91 Å². The summed E-state index contributed by atoms with van der Waals surface area (Å²) in [4.78, 5) is 49.2. The molecule has 1 fully saturated rings. The molecule has 2 rings (SSSR count). The zero-order valence-corrected chi connectivity index (χ0v) is 17.1. The fourth-order valence-electron chi connectivity index (χ4n) is 3.09. The Morgan fingerprint density at radius 3 is 2.34 bits per heavy atom. The van der Waals surface area contributed by atoms with E-state index in [0.717, 1.165) is 0 Å². The van der Waals surface area contributed by atoms with Crippen LogP contribution in [0.4, 0.5) is 11.4 Å². The summed E-state index contributed by atoms with van der Waals surface area (Å²) >= 11 is 0. The zero-order valence-electron chi connectivity index (χ0n) is 17.1. The van der Waals surface area contributed by atoms with E-state index < -0.39 is 28.3 Å². The summed E-state index contributed by atoms with van der Waals surface area (Å²) < 4.78 is 5.26. The molecule has 29 heavy (non-hydrogen) atoms. The second kappa shape index (κ2) is 9.02. The molecule has 1 aromatic rings. The Hall–Kier alpha value is -2.97. The predicted molar refractivity (Wildman–Crippen MR) is 106 cm³/mol. The van der Waals surface area contributed by atoms with Gasteiger partial charge in [0.15, 0.2) is 6.10 Å². The van der Waals surface area contributed by atoms with Crippen LogP contribution in [0.15, 0.2) is 24.3 Å². The predicted octanol–water partition coefficient (Wildman–Crippen LogP) is 2.75. The van der Waals surface area contributed by atoms with Gasteiger partial charge in [0.1, 0.15) is 5.69 Å². The minimum absolute atomic E-state index is 0.0411. The number of nitro groups is 1. The Bertz CT molecular complexity index is 794. The zero-order chi connectivity index (χ0) is 21.8. The third-order valence-corrected chi connectivity index (χ3v) is 4.78. The molecule has 0 aliphatic carbocycles. The second-order valence-corrected chi connectivity index (χ2v) is 8.16. The third kappa shape index (κ3) is 5.75. The van der Waals surface area contributed by atoms with E-state index in [9.17, 15) is 24.5 Å². The van der Waals surface area contributed by atoms with Crippen molar-refractivity contribution in [3.63, 3.8) is 0 Å². The van der Waals surface area contributed by atoms with Gasteiger partial charge in [-0.1, -0.05) is 32.9 Å². The maximum Gasteiger partial charge on any atom is 0.309 e. The molecule has 9 heteroatoms. The molecule has 1 aliphatic heterocycles. The van der Waals surface area contributed by atoms with E-state index in [1.165, 1.54) is 25.1 Å². The van der Waals surface area contributed by atoms with Crippen molar-refractivity contribution in [2.24, 2.45) is 11.3 Å². The fraction of sp³-hybridized carbons (Fsp3) is 0.550. The lowest BCUT2D eigenvalue weighted by Gasteiger charge is -2.35. The van der Waals surface area contributed by atoms with Crippen molar-refractivity contribution in [3.05, 3.63) is 34.4 Å². The topological polar surface area (TPSA) is 119 Å². The lowest BCUT2D eigenvalue weighted by Crippen LogP contribution is -2.45. The molecule has 2 amide bonds. The summed E-state index contributed by atoms with van der Waals surface area (Å²) in [7, 11) is 0. The summed E-state index contributed by atoms with van der Waals surface area (Å²) in [6.45, 7) is 7.91. The highest BCUT2D eigenvalue weighted by Crippen LogP contribution is 2.26. The Balaban J connectivity index is 1.89. The van der Waals surface area contributed by atoms with E-state index >= 15 is 0 Å². The highest BCUT2D eigenvalue weighted by Gasteiger charge is 2.34. The molecule has 1 heterocycles. The number of hydrogen-bond acceptors (Lipinski definition) is 6. The molecule has 1 saturated heterocycles. The Morgan fingerprint density at radius 2 is 1.79 bits per heavy atom. The van der Waals surface area contributed by atoms with Crippen LogP contribution < -0.4 is 5.32 Å². The van der Waals surface area contributed by atoms with Gasteiger partial charge in [0, 0.05) is 24.6 Å². The number of piperidine rings is 1. The van der Waals surface area contributed by atoms with E-state index in [1.54, 1.807) is 11.0 Å². The fourth-order valence-corrected chi connectivity index (χ4v) is 3.09. The summed E-state index contributed by atoms with van der Waals surface area (Å²) in [5.74, 6) is -1.49. The summed E-state index contributed by atoms with van der Waals surface area (Å²) in [5, 5.41) is 13.5. The van der Waals surface area contributed by atoms with Gasteiger partial charge in [-0.15, -0.1) is 0 Å². The molecule has 1 unspecified atom stereocenters. The van der Waals surface area contributed by atoms with Gasteiger partial charge in [-0.3, -0.25) is 24.5 Å². The van der Waals surface area contributed by atoms with Crippen LogP contribution in [0.5, 0.6) is 0 Å². The van der Waals surface area contributed by atoms with E-state index in [1.807, 2.05) is 20.8 Å². The van der Waals surface area contributed by atoms with Crippen LogP contribution in [0, 0.1) is 21.4 Å². The van der Waals surface area contributed by atoms with Crippen LogP contribution in [-0.4, -0.2) is 46.8 Å².